The quantitative estimate of drug-likeness (QED) is 0.846. The monoisotopic (exact) mass is 320 g/mol. The number of aromatic nitrogens is 2. The number of amides is 1. The molecular formula is C17H28N4O2. The fourth-order valence-corrected chi connectivity index (χ4v) is 3.44. The largest absolute Gasteiger partial charge is 0.379 e. The van der Waals surface area contributed by atoms with Crippen molar-refractivity contribution in [1.29, 1.82) is 0 Å². The summed E-state index contributed by atoms with van der Waals surface area (Å²) in [7, 11) is 0. The van der Waals surface area contributed by atoms with Gasteiger partial charge < -0.3 is 14.2 Å². The fraction of sp³-hybridized carbons (Fsp3) is 0.765. The lowest BCUT2D eigenvalue weighted by atomic mass is 9.97. The molecule has 0 spiro atoms. The molecule has 0 saturated carbocycles. The van der Waals surface area contributed by atoms with Crippen molar-refractivity contribution in [2.24, 2.45) is 5.92 Å². The Kier molecular flexibility index (Phi) is 5.33. The van der Waals surface area contributed by atoms with Crippen LogP contribution in [0.15, 0.2) is 12.5 Å². The fourth-order valence-electron chi connectivity index (χ4n) is 3.44. The number of hydrogen-bond acceptors (Lipinski definition) is 4. The third kappa shape index (κ3) is 4.12. The van der Waals surface area contributed by atoms with Crippen LogP contribution in [0.5, 0.6) is 0 Å². The first-order valence-corrected chi connectivity index (χ1v) is 8.76. The molecule has 1 amide bonds. The van der Waals surface area contributed by atoms with Gasteiger partial charge in [0.2, 0.25) is 0 Å². The molecule has 1 aromatic rings. The van der Waals surface area contributed by atoms with Crippen LogP contribution in [0.4, 0.5) is 0 Å². The lowest BCUT2D eigenvalue weighted by Crippen LogP contribution is -2.46. The van der Waals surface area contributed by atoms with Crippen molar-refractivity contribution in [2.75, 3.05) is 45.9 Å². The van der Waals surface area contributed by atoms with Crippen molar-refractivity contribution < 1.29 is 9.53 Å². The average Bonchev–Trinajstić information content (AvgIpc) is 3.06. The van der Waals surface area contributed by atoms with Gasteiger partial charge in [-0.1, -0.05) is 0 Å². The van der Waals surface area contributed by atoms with Gasteiger partial charge in [0, 0.05) is 45.0 Å². The molecule has 128 valence electrons. The molecule has 0 radical (unpaired) electrons. The highest BCUT2D eigenvalue weighted by Gasteiger charge is 2.27. The minimum absolute atomic E-state index is 0.0797. The third-order valence-corrected chi connectivity index (χ3v) is 4.84. The van der Waals surface area contributed by atoms with E-state index in [4.69, 9.17) is 4.74 Å². The summed E-state index contributed by atoms with van der Waals surface area (Å²) < 4.78 is 7.40. The van der Waals surface area contributed by atoms with E-state index in [0.29, 0.717) is 17.7 Å². The van der Waals surface area contributed by atoms with Crippen LogP contribution in [0.3, 0.4) is 0 Å². The van der Waals surface area contributed by atoms with Gasteiger partial charge in [-0.05, 0) is 32.6 Å². The normalized spacial score (nSPS) is 23.4. The van der Waals surface area contributed by atoms with Gasteiger partial charge in [0.15, 0.2) is 0 Å². The molecule has 6 nitrogen and oxygen atoms in total. The van der Waals surface area contributed by atoms with Gasteiger partial charge in [-0.3, -0.25) is 9.69 Å². The third-order valence-electron chi connectivity index (χ3n) is 4.84. The molecule has 1 atom stereocenters. The number of morpholine rings is 1. The second-order valence-electron chi connectivity index (χ2n) is 6.97. The summed E-state index contributed by atoms with van der Waals surface area (Å²) in [5.41, 5.74) is 0.575. The summed E-state index contributed by atoms with van der Waals surface area (Å²) in [6, 6.07) is 0.333. The van der Waals surface area contributed by atoms with Crippen molar-refractivity contribution in [3.63, 3.8) is 0 Å². The van der Waals surface area contributed by atoms with Crippen LogP contribution in [-0.4, -0.2) is 71.2 Å². The molecule has 3 heterocycles. The molecule has 0 N–H and O–H groups in total. The van der Waals surface area contributed by atoms with Crippen LogP contribution in [0.25, 0.3) is 0 Å². The first-order chi connectivity index (χ1) is 11.1. The van der Waals surface area contributed by atoms with Crippen molar-refractivity contribution in [2.45, 2.75) is 32.7 Å². The van der Waals surface area contributed by atoms with E-state index in [0.717, 1.165) is 52.4 Å². The van der Waals surface area contributed by atoms with Crippen LogP contribution < -0.4 is 0 Å². The average molecular weight is 320 g/mol. The lowest BCUT2D eigenvalue weighted by molar-refractivity contribution is 0.0223. The molecule has 2 aliphatic rings. The van der Waals surface area contributed by atoms with E-state index >= 15 is 0 Å². The highest BCUT2D eigenvalue weighted by molar-refractivity contribution is 5.92. The number of imidazole rings is 1. The minimum Gasteiger partial charge on any atom is -0.379 e. The second kappa shape index (κ2) is 7.45. The summed E-state index contributed by atoms with van der Waals surface area (Å²) in [5, 5.41) is 0. The Labute approximate surface area is 138 Å². The Morgan fingerprint density at radius 3 is 2.83 bits per heavy atom. The number of piperidine rings is 1. The molecule has 0 bridgehead atoms. The van der Waals surface area contributed by atoms with Gasteiger partial charge in [0.05, 0.1) is 19.5 Å². The molecule has 2 fully saturated rings. The summed E-state index contributed by atoms with van der Waals surface area (Å²) in [6.45, 7) is 10.7. The van der Waals surface area contributed by atoms with Gasteiger partial charge >= 0.3 is 0 Å². The molecule has 23 heavy (non-hydrogen) atoms. The molecular weight excluding hydrogens is 292 g/mol. The van der Waals surface area contributed by atoms with Crippen molar-refractivity contribution in [3.05, 3.63) is 18.2 Å². The van der Waals surface area contributed by atoms with E-state index in [-0.39, 0.29) is 5.91 Å². The number of nitrogens with zero attached hydrogens (tertiary/aromatic N) is 4. The van der Waals surface area contributed by atoms with E-state index in [1.54, 1.807) is 6.33 Å². The first-order valence-electron chi connectivity index (χ1n) is 8.76. The predicted molar refractivity (Wildman–Crippen MR) is 88.5 cm³/mol. The molecule has 3 rings (SSSR count). The zero-order valence-electron chi connectivity index (χ0n) is 14.3. The van der Waals surface area contributed by atoms with Gasteiger partial charge in [0.25, 0.3) is 5.91 Å². The number of rotatable bonds is 4. The maximum atomic E-state index is 12.7. The minimum atomic E-state index is 0.0797. The van der Waals surface area contributed by atoms with E-state index in [1.807, 2.05) is 15.7 Å². The molecule has 0 unspecified atom stereocenters. The first kappa shape index (κ1) is 16.5. The van der Waals surface area contributed by atoms with Crippen LogP contribution in [0, 0.1) is 5.92 Å². The number of ether oxygens (including phenoxy) is 1. The van der Waals surface area contributed by atoms with Gasteiger partial charge in [0.1, 0.15) is 5.69 Å². The summed E-state index contributed by atoms with van der Waals surface area (Å²) in [6.07, 6.45) is 5.93. The van der Waals surface area contributed by atoms with Crippen LogP contribution >= 0.6 is 0 Å². The highest BCUT2D eigenvalue weighted by Crippen LogP contribution is 2.20. The second-order valence-corrected chi connectivity index (χ2v) is 6.97. The molecule has 1 aromatic heterocycles. The Morgan fingerprint density at radius 2 is 2.13 bits per heavy atom. The standard InChI is InChI=1S/C17H28N4O2/c1-14(2)21-12-16(18-13-21)17(22)20-5-3-4-15(11-20)10-19-6-8-23-9-7-19/h12-15H,3-11H2,1-2H3/t15-/m1/s1. The zero-order chi connectivity index (χ0) is 16.2. The highest BCUT2D eigenvalue weighted by atomic mass is 16.5. The van der Waals surface area contributed by atoms with E-state index in [1.165, 1.54) is 6.42 Å². The van der Waals surface area contributed by atoms with E-state index in [9.17, 15) is 4.79 Å². The van der Waals surface area contributed by atoms with E-state index < -0.39 is 0 Å². The number of carbonyl (C=O) groups is 1. The topological polar surface area (TPSA) is 50.6 Å². The molecule has 6 heteroatoms. The smallest absolute Gasteiger partial charge is 0.274 e. The van der Waals surface area contributed by atoms with Crippen molar-refractivity contribution in [3.8, 4) is 0 Å². The predicted octanol–water partition coefficient (Wildman–Crippen LogP) is 1.65. The number of carbonyl (C=O) groups excluding carboxylic acids is 1. The summed E-state index contributed by atoms with van der Waals surface area (Å²) in [4.78, 5) is 21.4. The Hall–Kier alpha value is -1.40. The summed E-state index contributed by atoms with van der Waals surface area (Å²) in [5.74, 6) is 0.647. The zero-order valence-corrected chi connectivity index (χ0v) is 14.3. The van der Waals surface area contributed by atoms with Crippen LogP contribution in [-0.2, 0) is 4.74 Å². The molecule has 2 saturated heterocycles. The van der Waals surface area contributed by atoms with E-state index in [2.05, 4.69) is 23.7 Å². The Balaban J connectivity index is 1.57. The molecule has 2 aliphatic heterocycles. The van der Waals surface area contributed by atoms with Gasteiger partial charge in [-0.25, -0.2) is 4.98 Å². The lowest BCUT2D eigenvalue weighted by Gasteiger charge is -2.36. The number of hydrogen-bond donors (Lipinski definition) is 0. The number of likely N-dealkylation sites (tertiary alicyclic amines) is 1. The van der Waals surface area contributed by atoms with Crippen molar-refractivity contribution >= 4 is 5.91 Å². The van der Waals surface area contributed by atoms with Gasteiger partial charge in [-0.2, -0.15) is 0 Å². The molecule has 0 aromatic carbocycles. The van der Waals surface area contributed by atoms with Crippen LogP contribution in [0.2, 0.25) is 0 Å². The maximum Gasteiger partial charge on any atom is 0.274 e. The maximum absolute atomic E-state index is 12.7. The molecule has 0 aliphatic carbocycles. The van der Waals surface area contributed by atoms with Gasteiger partial charge in [-0.15, -0.1) is 0 Å². The Morgan fingerprint density at radius 1 is 1.35 bits per heavy atom. The Bertz CT molecular complexity index is 522. The van der Waals surface area contributed by atoms with Crippen molar-refractivity contribution in [1.82, 2.24) is 19.4 Å². The summed E-state index contributed by atoms with van der Waals surface area (Å²) >= 11 is 0. The van der Waals surface area contributed by atoms with Crippen LogP contribution in [0.1, 0.15) is 43.2 Å². The SMILES string of the molecule is CC(C)n1cnc(C(=O)N2CCC[C@H](CN3CCOCC3)C2)c1.